The van der Waals surface area contributed by atoms with Crippen molar-refractivity contribution < 1.29 is 0 Å². The second kappa shape index (κ2) is 8.01. The van der Waals surface area contributed by atoms with E-state index in [1.807, 2.05) is 18.2 Å². The fraction of sp³-hybridized carbons (Fsp3) is 0.0769. The average Bonchev–Trinajstić information content (AvgIpc) is 2.71. The Morgan fingerprint density at radius 3 is 1.93 bits per heavy atom. The van der Waals surface area contributed by atoms with Gasteiger partial charge in [-0.05, 0) is 73.5 Å². The molecule has 4 aromatic rings. The van der Waals surface area contributed by atoms with Crippen LogP contribution in [0, 0.1) is 13.8 Å². The third kappa shape index (κ3) is 3.91. The van der Waals surface area contributed by atoms with Gasteiger partial charge in [0, 0.05) is 28.4 Å². The van der Waals surface area contributed by atoms with Crippen molar-refractivity contribution >= 4 is 28.4 Å². The van der Waals surface area contributed by atoms with Gasteiger partial charge in [0.2, 0.25) is 0 Å². The van der Waals surface area contributed by atoms with Crippen molar-refractivity contribution in [3.63, 3.8) is 0 Å². The summed E-state index contributed by atoms with van der Waals surface area (Å²) in [7, 11) is 0. The minimum atomic E-state index is 1.08. The molecule has 2 heteroatoms. The van der Waals surface area contributed by atoms with Crippen LogP contribution in [0.2, 0.25) is 0 Å². The van der Waals surface area contributed by atoms with Crippen LogP contribution >= 0.6 is 0 Å². The highest BCUT2D eigenvalue weighted by molar-refractivity contribution is 5.81. The minimum Gasteiger partial charge on any atom is -0.355 e. The Bertz CT molecular complexity index is 1060. The lowest BCUT2D eigenvalue weighted by molar-refractivity contribution is 1.24. The van der Waals surface area contributed by atoms with E-state index in [0.29, 0.717) is 0 Å². The predicted octanol–water partition coefficient (Wildman–Crippen LogP) is 7.52. The van der Waals surface area contributed by atoms with Crippen LogP contribution in [0.25, 0.3) is 0 Å². The number of benzene rings is 4. The third-order valence-corrected chi connectivity index (χ3v) is 4.75. The Morgan fingerprint density at radius 1 is 0.571 bits per heavy atom. The first-order chi connectivity index (χ1) is 13.7. The first-order valence-corrected chi connectivity index (χ1v) is 9.55. The molecule has 28 heavy (non-hydrogen) atoms. The number of nitrogens with zero attached hydrogens (tertiary/aromatic N) is 1. The Labute approximate surface area is 167 Å². The van der Waals surface area contributed by atoms with Crippen LogP contribution in [0.3, 0.4) is 0 Å². The zero-order valence-corrected chi connectivity index (χ0v) is 16.3. The molecule has 138 valence electrons. The average molecular weight is 364 g/mol. The van der Waals surface area contributed by atoms with Gasteiger partial charge in [0.25, 0.3) is 0 Å². The van der Waals surface area contributed by atoms with E-state index < -0.39 is 0 Å². The second-order valence-electron chi connectivity index (χ2n) is 7.01. The highest BCUT2D eigenvalue weighted by Crippen LogP contribution is 2.38. The lowest BCUT2D eigenvalue weighted by atomic mass is 10.1. The summed E-state index contributed by atoms with van der Waals surface area (Å²) in [5, 5.41) is 3.53. The molecule has 0 atom stereocenters. The SMILES string of the molecule is Cc1cc(Nc2ccccc2)cc(N(c2ccccc2)c2ccccc2C)c1. The molecule has 0 aliphatic heterocycles. The molecule has 0 aliphatic carbocycles. The van der Waals surface area contributed by atoms with E-state index in [1.165, 1.54) is 16.8 Å². The molecule has 4 rings (SSSR count). The first kappa shape index (κ1) is 17.9. The van der Waals surface area contributed by atoms with Gasteiger partial charge in [-0.25, -0.2) is 0 Å². The normalized spacial score (nSPS) is 10.5. The topological polar surface area (TPSA) is 15.3 Å². The van der Waals surface area contributed by atoms with E-state index in [1.54, 1.807) is 0 Å². The highest BCUT2D eigenvalue weighted by atomic mass is 15.1. The molecule has 1 N–H and O–H groups in total. The van der Waals surface area contributed by atoms with Gasteiger partial charge in [0.15, 0.2) is 0 Å². The van der Waals surface area contributed by atoms with Gasteiger partial charge >= 0.3 is 0 Å². The van der Waals surface area contributed by atoms with Crippen LogP contribution in [0.4, 0.5) is 28.4 Å². The number of aryl methyl sites for hydroxylation is 2. The molecule has 4 aromatic carbocycles. The Morgan fingerprint density at radius 2 is 1.21 bits per heavy atom. The summed E-state index contributed by atoms with van der Waals surface area (Å²) in [6, 6.07) is 35.9. The van der Waals surface area contributed by atoms with Gasteiger partial charge in [-0.3, -0.25) is 0 Å². The van der Waals surface area contributed by atoms with Gasteiger partial charge in [-0.1, -0.05) is 54.6 Å². The van der Waals surface area contributed by atoms with Crippen LogP contribution < -0.4 is 10.2 Å². The lowest BCUT2D eigenvalue weighted by Gasteiger charge is -2.28. The van der Waals surface area contributed by atoms with E-state index in [2.05, 4.69) is 109 Å². The monoisotopic (exact) mass is 364 g/mol. The van der Waals surface area contributed by atoms with E-state index in [-0.39, 0.29) is 0 Å². The molecule has 0 radical (unpaired) electrons. The summed E-state index contributed by atoms with van der Waals surface area (Å²) < 4.78 is 0. The molecular formula is C26H24N2. The van der Waals surface area contributed by atoms with E-state index in [0.717, 1.165) is 22.7 Å². The summed E-state index contributed by atoms with van der Waals surface area (Å²) in [5.41, 5.74) is 8.09. The standard InChI is InChI=1S/C26H24N2/c1-20-17-23(27-22-12-5-3-6-13-22)19-25(18-20)28(24-14-7-4-8-15-24)26-16-10-9-11-21(26)2/h3-19,27H,1-2H3. The number of hydrogen-bond acceptors (Lipinski definition) is 2. The molecular weight excluding hydrogens is 340 g/mol. The fourth-order valence-corrected chi connectivity index (χ4v) is 3.47. The molecule has 0 bridgehead atoms. The maximum Gasteiger partial charge on any atom is 0.0490 e. The molecule has 0 amide bonds. The van der Waals surface area contributed by atoms with Crippen molar-refractivity contribution in [3.8, 4) is 0 Å². The molecule has 0 aliphatic rings. The smallest absolute Gasteiger partial charge is 0.0490 e. The fourth-order valence-electron chi connectivity index (χ4n) is 3.47. The predicted molar refractivity (Wildman–Crippen MR) is 120 cm³/mol. The van der Waals surface area contributed by atoms with E-state index in [9.17, 15) is 0 Å². The number of hydrogen-bond donors (Lipinski definition) is 1. The van der Waals surface area contributed by atoms with E-state index >= 15 is 0 Å². The molecule has 0 unspecified atom stereocenters. The summed E-state index contributed by atoms with van der Waals surface area (Å²) >= 11 is 0. The Kier molecular flexibility index (Phi) is 5.11. The van der Waals surface area contributed by atoms with Gasteiger partial charge in [-0.2, -0.15) is 0 Å². The molecule has 0 spiro atoms. The molecule has 2 nitrogen and oxygen atoms in total. The number of nitrogens with one attached hydrogen (secondary N) is 1. The summed E-state index contributed by atoms with van der Waals surface area (Å²) in [4.78, 5) is 2.32. The van der Waals surface area contributed by atoms with Crippen molar-refractivity contribution in [2.75, 3.05) is 10.2 Å². The van der Waals surface area contributed by atoms with Crippen molar-refractivity contribution in [3.05, 3.63) is 114 Å². The van der Waals surface area contributed by atoms with Crippen LogP contribution in [-0.2, 0) is 0 Å². The molecule has 0 saturated heterocycles. The van der Waals surface area contributed by atoms with Gasteiger partial charge in [0.1, 0.15) is 0 Å². The number of rotatable bonds is 5. The van der Waals surface area contributed by atoms with Gasteiger partial charge < -0.3 is 10.2 Å². The van der Waals surface area contributed by atoms with Crippen molar-refractivity contribution in [1.29, 1.82) is 0 Å². The number of anilines is 5. The number of para-hydroxylation sites is 3. The first-order valence-electron chi connectivity index (χ1n) is 9.55. The Hall–Kier alpha value is -3.52. The van der Waals surface area contributed by atoms with Crippen LogP contribution in [0.5, 0.6) is 0 Å². The minimum absolute atomic E-state index is 1.08. The Balaban J connectivity index is 1.82. The summed E-state index contributed by atoms with van der Waals surface area (Å²) in [5.74, 6) is 0. The molecule has 0 fully saturated rings. The maximum absolute atomic E-state index is 3.53. The molecule has 0 heterocycles. The van der Waals surface area contributed by atoms with Crippen LogP contribution in [-0.4, -0.2) is 0 Å². The quantitative estimate of drug-likeness (QED) is 0.394. The van der Waals surface area contributed by atoms with Gasteiger partial charge in [-0.15, -0.1) is 0 Å². The largest absolute Gasteiger partial charge is 0.355 e. The second-order valence-corrected chi connectivity index (χ2v) is 7.01. The molecule has 0 aromatic heterocycles. The van der Waals surface area contributed by atoms with E-state index in [4.69, 9.17) is 0 Å². The zero-order valence-electron chi connectivity index (χ0n) is 16.3. The summed E-state index contributed by atoms with van der Waals surface area (Å²) in [6.45, 7) is 4.30. The van der Waals surface area contributed by atoms with Crippen LogP contribution in [0.1, 0.15) is 11.1 Å². The van der Waals surface area contributed by atoms with Crippen molar-refractivity contribution in [2.24, 2.45) is 0 Å². The highest BCUT2D eigenvalue weighted by Gasteiger charge is 2.15. The van der Waals surface area contributed by atoms with Gasteiger partial charge in [0.05, 0.1) is 0 Å². The van der Waals surface area contributed by atoms with Crippen LogP contribution in [0.15, 0.2) is 103 Å². The zero-order chi connectivity index (χ0) is 19.3. The lowest BCUT2D eigenvalue weighted by Crippen LogP contribution is -2.11. The third-order valence-electron chi connectivity index (χ3n) is 4.75. The maximum atomic E-state index is 3.53. The summed E-state index contributed by atoms with van der Waals surface area (Å²) in [6.07, 6.45) is 0. The van der Waals surface area contributed by atoms with Crippen molar-refractivity contribution in [2.45, 2.75) is 13.8 Å². The van der Waals surface area contributed by atoms with Crippen molar-refractivity contribution in [1.82, 2.24) is 0 Å². The molecule has 0 saturated carbocycles.